The highest BCUT2D eigenvalue weighted by molar-refractivity contribution is 7.89. The van der Waals surface area contributed by atoms with E-state index in [2.05, 4.69) is 4.72 Å². The van der Waals surface area contributed by atoms with E-state index in [1.54, 1.807) is 12.1 Å². The first-order valence-corrected chi connectivity index (χ1v) is 7.75. The fraction of sp³-hybridized carbons (Fsp3) is 0.462. The van der Waals surface area contributed by atoms with E-state index in [4.69, 9.17) is 5.11 Å². The number of carboxylic acids is 1. The molecule has 0 spiro atoms. The molecule has 0 radical (unpaired) electrons. The van der Waals surface area contributed by atoms with Crippen LogP contribution in [0.1, 0.15) is 30.9 Å². The summed E-state index contributed by atoms with van der Waals surface area (Å²) in [5.41, 5.74) is 2.24. The number of hydrogen-bond donors (Lipinski definition) is 2. The lowest BCUT2D eigenvalue weighted by Crippen LogP contribution is -2.38. The summed E-state index contributed by atoms with van der Waals surface area (Å²) in [4.78, 5) is 10.9. The summed E-state index contributed by atoms with van der Waals surface area (Å²) in [6, 6.07) is 3.89. The van der Waals surface area contributed by atoms with Gasteiger partial charge >= 0.3 is 5.97 Å². The lowest BCUT2D eigenvalue weighted by Gasteiger charge is -2.17. The molecular formula is C13H17NO4S. The van der Waals surface area contributed by atoms with E-state index in [-0.39, 0.29) is 4.90 Å². The molecule has 19 heavy (non-hydrogen) atoms. The van der Waals surface area contributed by atoms with Crippen molar-refractivity contribution in [1.29, 1.82) is 0 Å². The molecule has 2 N–H and O–H groups in total. The zero-order valence-electron chi connectivity index (χ0n) is 10.7. The van der Waals surface area contributed by atoms with Gasteiger partial charge in [0, 0.05) is 0 Å². The van der Waals surface area contributed by atoms with Gasteiger partial charge in [0.2, 0.25) is 10.0 Å². The molecule has 104 valence electrons. The van der Waals surface area contributed by atoms with Crippen molar-refractivity contribution >= 4 is 16.0 Å². The van der Waals surface area contributed by atoms with Gasteiger partial charge in [-0.15, -0.1) is 0 Å². The quantitative estimate of drug-likeness (QED) is 0.873. The molecule has 0 saturated carbocycles. The Balaban J connectivity index is 2.28. The highest BCUT2D eigenvalue weighted by Gasteiger charge is 2.22. The molecule has 0 unspecified atom stereocenters. The van der Waals surface area contributed by atoms with Crippen LogP contribution in [-0.2, 0) is 27.7 Å². The minimum absolute atomic E-state index is 0.140. The third kappa shape index (κ3) is 3.13. The Morgan fingerprint density at radius 1 is 1.26 bits per heavy atom. The lowest BCUT2D eigenvalue weighted by molar-refractivity contribution is -0.138. The summed E-state index contributed by atoms with van der Waals surface area (Å²) >= 11 is 0. The largest absolute Gasteiger partial charge is 0.480 e. The number of aryl methyl sites for hydroxylation is 2. The van der Waals surface area contributed by atoms with Crippen LogP contribution in [0.4, 0.5) is 0 Å². The Bertz CT molecular complexity index is 595. The van der Waals surface area contributed by atoms with Crippen molar-refractivity contribution < 1.29 is 18.3 Å². The van der Waals surface area contributed by atoms with Crippen molar-refractivity contribution in [3.8, 4) is 0 Å². The van der Waals surface area contributed by atoms with Crippen LogP contribution in [0, 0.1) is 0 Å². The van der Waals surface area contributed by atoms with Gasteiger partial charge < -0.3 is 5.11 Å². The van der Waals surface area contributed by atoms with Crippen LogP contribution in [0.2, 0.25) is 0 Å². The smallest absolute Gasteiger partial charge is 0.321 e. The molecular weight excluding hydrogens is 266 g/mol. The second-order valence-electron chi connectivity index (χ2n) is 4.82. The van der Waals surface area contributed by atoms with Crippen molar-refractivity contribution in [3.05, 3.63) is 29.3 Å². The van der Waals surface area contributed by atoms with Crippen LogP contribution < -0.4 is 4.72 Å². The van der Waals surface area contributed by atoms with Gasteiger partial charge in [0.05, 0.1) is 4.90 Å². The van der Waals surface area contributed by atoms with Crippen LogP contribution >= 0.6 is 0 Å². The second-order valence-corrected chi connectivity index (χ2v) is 6.53. The highest BCUT2D eigenvalue weighted by atomic mass is 32.2. The fourth-order valence-corrected chi connectivity index (χ4v) is 3.48. The number of hydrogen-bond acceptors (Lipinski definition) is 3. The van der Waals surface area contributed by atoms with Crippen LogP contribution in [0.25, 0.3) is 0 Å². The van der Waals surface area contributed by atoms with E-state index >= 15 is 0 Å². The second kappa shape index (κ2) is 5.30. The third-order valence-corrected chi connectivity index (χ3v) is 4.87. The number of carbonyl (C=O) groups is 1. The molecule has 0 saturated heterocycles. The number of carboxylic acid groups (broad SMARTS) is 1. The van der Waals surface area contributed by atoms with Crippen LogP contribution in [-0.4, -0.2) is 25.5 Å². The number of aliphatic carboxylic acids is 1. The van der Waals surface area contributed by atoms with Gasteiger partial charge in [0.25, 0.3) is 0 Å². The molecule has 5 nitrogen and oxygen atoms in total. The monoisotopic (exact) mass is 283 g/mol. The maximum Gasteiger partial charge on any atom is 0.321 e. The summed E-state index contributed by atoms with van der Waals surface area (Å²) in [7, 11) is -3.77. The molecule has 6 heteroatoms. The summed E-state index contributed by atoms with van der Waals surface area (Å²) < 4.78 is 26.3. The predicted octanol–water partition coefficient (Wildman–Crippen LogP) is 1.32. The topological polar surface area (TPSA) is 83.5 Å². The Morgan fingerprint density at radius 2 is 1.89 bits per heavy atom. The fourth-order valence-electron chi connectivity index (χ4n) is 2.23. The summed E-state index contributed by atoms with van der Waals surface area (Å²) in [5.74, 6) is -1.19. The van der Waals surface area contributed by atoms with Crippen molar-refractivity contribution in [2.75, 3.05) is 0 Å². The minimum atomic E-state index is -3.77. The van der Waals surface area contributed by atoms with E-state index < -0.39 is 22.0 Å². The maximum atomic E-state index is 12.1. The molecule has 1 aromatic rings. The first-order chi connectivity index (χ1) is 8.90. The number of fused-ring (bicyclic) bond motifs is 1. The molecule has 1 aliphatic rings. The Morgan fingerprint density at radius 3 is 2.53 bits per heavy atom. The Kier molecular flexibility index (Phi) is 3.91. The first-order valence-electron chi connectivity index (χ1n) is 6.27. The lowest BCUT2D eigenvalue weighted by atomic mass is 9.92. The van der Waals surface area contributed by atoms with E-state index in [1.165, 1.54) is 12.5 Å². The molecule has 0 aromatic heterocycles. The summed E-state index contributed by atoms with van der Waals surface area (Å²) in [5, 5.41) is 8.76. The number of sulfonamides is 1. The van der Waals surface area contributed by atoms with Crippen molar-refractivity contribution in [1.82, 2.24) is 4.72 Å². The van der Waals surface area contributed by atoms with Gasteiger partial charge in [-0.3, -0.25) is 4.79 Å². The zero-order valence-corrected chi connectivity index (χ0v) is 11.5. The Labute approximate surface area is 112 Å². The molecule has 0 bridgehead atoms. The van der Waals surface area contributed by atoms with Gasteiger partial charge in [-0.25, -0.2) is 8.42 Å². The average Bonchev–Trinajstić information content (AvgIpc) is 2.37. The van der Waals surface area contributed by atoms with E-state index in [0.29, 0.717) is 0 Å². The van der Waals surface area contributed by atoms with Gasteiger partial charge in [-0.05, 0) is 55.9 Å². The number of rotatable bonds is 4. The zero-order chi connectivity index (χ0) is 14.0. The minimum Gasteiger partial charge on any atom is -0.480 e. The molecule has 0 heterocycles. The van der Waals surface area contributed by atoms with Crippen LogP contribution in [0.5, 0.6) is 0 Å². The standard InChI is InChI=1S/C13H17NO4S/c1-9(13(15)16)14-19(17,18)12-7-6-10-4-2-3-5-11(10)8-12/h6-9,14H,2-5H2,1H3,(H,15,16)/t9-/m1/s1. The van der Waals surface area contributed by atoms with Crippen molar-refractivity contribution in [2.45, 2.75) is 43.5 Å². The van der Waals surface area contributed by atoms with Crippen molar-refractivity contribution in [3.63, 3.8) is 0 Å². The van der Waals surface area contributed by atoms with Gasteiger partial charge in [-0.2, -0.15) is 4.72 Å². The SMILES string of the molecule is C[C@@H](NS(=O)(=O)c1ccc2c(c1)CCCC2)C(=O)O. The van der Waals surface area contributed by atoms with Crippen LogP contribution in [0.15, 0.2) is 23.1 Å². The first kappa shape index (κ1) is 14.0. The van der Waals surface area contributed by atoms with Crippen molar-refractivity contribution in [2.24, 2.45) is 0 Å². The summed E-state index contributed by atoms with van der Waals surface area (Å²) in [6.07, 6.45) is 4.06. The van der Waals surface area contributed by atoms with E-state index in [9.17, 15) is 13.2 Å². The molecule has 1 aromatic carbocycles. The van der Waals surface area contributed by atoms with Gasteiger partial charge in [-0.1, -0.05) is 6.07 Å². The van der Waals surface area contributed by atoms with Crippen LogP contribution in [0.3, 0.4) is 0 Å². The molecule has 0 amide bonds. The molecule has 0 aliphatic heterocycles. The third-order valence-electron chi connectivity index (χ3n) is 3.33. The summed E-state index contributed by atoms with van der Waals surface area (Å²) in [6.45, 7) is 1.30. The molecule has 1 aliphatic carbocycles. The van der Waals surface area contributed by atoms with Gasteiger partial charge in [0.1, 0.15) is 6.04 Å². The van der Waals surface area contributed by atoms with E-state index in [1.807, 2.05) is 6.07 Å². The molecule has 2 rings (SSSR count). The number of nitrogens with one attached hydrogen (secondary N) is 1. The molecule has 0 fully saturated rings. The number of benzene rings is 1. The predicted molar refractivity (Wildman–Crippen MR) is 70.5 cm³/mol. The average molecular weight is 283 g/mol. The highest BCUT2D eigenvalue weighted by Crippen LogP contribution is 2.24. The normalized spacial score (nSPS) is 16.7. The maximum absolute atomic E-state index is 12.1. The Hall–Kier alpha value is -1.40. The van der Waals surface area contributed by atoms with E-state index in [0.717, 1.165) is 31.2 Å². The van der Waals surface area contributed by atoms with Gasteiger partial charge in [0.15, 0.2) is 0 Å². The molecule has 1 atom stereocenters.